The van der Waals surface area contributed by atoms with E-state index in [2.05, 4.69) is 0 Å². The molecule has 0 saturated carbocycles. The van der Waals surface area contributed by atoms with Gasteiger partial charge in [0.25, 0.3) is 11.8 Å². The van der Waals surface area contributed by atoms with Gasteiger partial charge < -0.3 is 14.4 Å². The van der Waals surface area contributed by atoms with E-state index in [4.69, 9.17) is 5.26 Å². The van der Waals surface area contributed by atoms with Crippen molar-refractivity contribution in [3.05, 3.63) is 71.4 Å². The molecule has 2 heterocycles. The van der Waals surface area contributed by atoms with E-state index in [0.717, 1.165) is 10.9 Å². The first-order valence-corrected chi connectivity index (χ1v) is 9.21. The van der Waals surface area contributed by atoms with Crippen molar-refractivity contribution in [2.45, 2.75) is 0 Å². The maximum Gasteiger partial charge on any atom is 0.270 e. The summed E-state index contributed by atoms with van der Waals surface area (Å²) in [6.07, 6.45) is 0. The van der Waals surface area contributed by atoms with Crippen LogP contribution in [0, 0.1) is 11.3 Å². The number of carbonyl (C=O) groups is 2. The fourth-order valence-electron chi connectivity index (χ4n) is 3.64. The lowest BCUT2D eigenvalue weighted by molar-refractivity contribution is 0.0530. The van der Waals surface area contributed by atoms with Gasteiger partial charge >= 0.3 is 0 Å². The van der Waals surface area contributed by atoms with Crippen LogP contribution in [-0.2, 0) is 7.05 Å². The van der Waals surface area contributed by atoms with Crippen LogP contribution in [0.15, 0.2) is 54.6 Å². The maximum absolute atomic E-state index is 13.0. The van der Waals surface area contributed by atoms with Gasteiger partial charge in [-0.1, -0.05) is 18.2 Å². The lowest BCUT2D eigenvalue weighted by atomic mass is 10.1. The zero-order valence-corrected chi connectivity index (χ0v) is 15.6. The molecule has 2 aromatic carbocycles. The van der Waals surface area contributed by atoms with Gasteiger partial charge in [-0.2, -0.15) is 5.26 Å². The summed E-state index contributed by atoms with van der Waals surface area (Å²) in [4.78, 5) is 29.2. The van der Waals surface area contributed by atoms with Crippen molar-refractivity contribution in [2.75, 3.05) is 26.2 Å². The Kier molecular flexibility index (Phi) is 4.58. The molecule has 28 heavy (non-hydrogen) atoms. The molecule has 1 fully saturated rings. The lowest BCUT2D eigenvalue weighted by Gasteiger charge is -2.34. The van der Waals surface area contributed by atoms with Crippen molar-refractivity contribution in [3.8, 4) is 6.07 Å². The smallest absolute Gasteiger partial charge is 0.270 e. The molecule has 0 atom stereocenters. The Bertz CT molecular complexity index is 1080. The van der Waals surface area contributed by atoms with E-state index < -0.39 is 0 Å². The summed E-state index contributed by atoms with van der Waals surface area (Å²) in [5.41, 5.74) is 2.78. The third-order valence-electron chi connectivity index (χ3n) is 5.29. The van der Waals surface area contributed by atoms with Gasteiger partial charge in [0.05, 0.1) is 11.6 Å². The van der Waals surface area contributed by atoms with E-state index in [9.17, 15) is 9.59 Å². The Morgan fingerprint density at radius 2 is 1.50 bits per heavy atom. The number of fused-ring (bicyclic) bond motifs is 1. The molecule has 1 aliphatic rings. The summed E-state index contributed by atoms with van der Waals surface area (Å²) in [5, 5.41) is 9.92. The zero-order chi connectivity index (χ0) is 19.7. The largest absolute Gasteiger partial charge is 0.340 e. The molecule has 1 saturated heterocycles. The molecule has 0 N–H and O–H groups in total. The third kappa shape index (κ3) is 3.12. The minimum absolute atomic E-state index is 0.0100. The Balaban J connectivity index is 1.44. The first-order valence-electron chi connectivity index (χ1n) is 9.21. The van der Waals surface area contributed by atoms with Gasteiger partial charge in [0.1, 0.15) is 5.69 Å². The molecule has 3 aromatic rings. The molecule has 4 rings (SSSR count). The lowest BCUT2D eigenvalue weighted by Crippen LogP contribution is -2.50. The highest BCUT2D eigenvalue weighted by Crippen LogP contribution is 2.20. The van der Waals surface area contributed by atoms with E-state index in [1.807, 2.05) is 48.0 Å². The summed E-state index contributed by atoms with van der Waals surface area (Å²) in [7, 11) is 1.90. The summed E-state index contributed by atoms with van der Waals surface area (Å²) in [5.74, 6) is -0.0784. The van der Waals surface area contributed by atoms with Gasteiger partial charge in [-0.3, -0.25) is 9.59 Å². The van der Waals surface area contributed by atoms with Gasteiger partial charge in [0.15, 0.2) is 0 Å². The number of para-hydroxylation sites is 1. The fourth-order valence-corrected chi connectivity index (χ4v) is 3.64. The van der Waals surface area contributed by atoms with Crippen LogP contribution < -0.4 is 0 Å². The second kappa shape index (κ2) is 7.20. The third-order valence-corrected chi connectivity index (χ3v) is 5.29. The number of piperazine rings is 1. The highest BCUT2D eigenvalue weighted by molar-refractivity contribution is 5.99. The number of aryl methyl sites for hydroxylation is 1. The average Bonchev–Trinajstić information content (AvgIpc) is 3.09. The van der Waals surface area contributed by atoms with E-state index in [0.29, 0.717) is 43.0 Å². The average molecular weight is 372 g/mol. The normalized spacial score (nSPS) is 14.1. The number of nitrogens with zero attached hydrogens (tertiary/aromatic N) is 4. The molecule has 6 heteroatoms. The van der Waals surface area contributed by atoms with Crippen LogP contribution in [0.25, 0.3) is 10.9 Å². The Hall–Kier alpha value is -3.59. The van der Waals surface area contributed by atoms with Gasteiger partial charge in [0.2, 0.25) is 0 Å². The monoisotopic (exact) mass is 372 g/mol. The summed E-state index contributed by atoms with van der Waals surface area (Å²) < 4.78 is 1.92. The predicted molar refractivity (Wildman–Crippen MR) is 106 cm³/mol. The quantitative estimate of drug-likeness (QED) is 0.694. The maximum atomic E-state index is 13.0. The van der Waals surface area contributed by atoms with Crippen LogP contribution in [0.2, 0.25) is 0 Å². The minimum atomic E-state index is -0.0683. The van der Waals surface area contributed by atoms with Gasteiger partial charge in [-0.15, -0.1) is 0 Å². The second-order valence-electron chi connectivity index (χ2n) is 6.92. The topological polar surface area (TPSA) is 69.3 Å². The number of amides is 2. The van der Waals surface area contributed by atoms with E-state index in [1.54, 1.807) is 34.1 Å². The summed E-state index contributed by atoms with van der Waals surface area (Å²) >= 11 is 0. The van der Waals surface area contributed by atoms with Crippen molar-refractivity contribution in [2.24, 2.45) is 7.05 Å². The first kappa shape index (κ1) is 17.8. The molecule has 0 spiro atoms. The van der Waals surface area contributed by atoms with Crippen molar-refractivity contribution < 1.29 is 9.59 Å². The predicted octanol–water partition coefficient (Wildman–Crippen LogP) is 2.65. The highest BCUT2D eigenvalue weighted by atomic mass is 16.2. The van der Waals surface area contributed by atoms with Crippen LogP contribution in [0.1, 0.15) is 26.4 Å². The number of benzene rings is 2. The Morgan fingerprint density at radius 3 is 2.11 bits per heavy atom. The minimum Gasteiger partial charge on any atom is -0.340 e. The Morgan fingerprint density at radius 1 is 0.893 bits per heavy atom. The van der Waals surface area contributed by atoms with E-state index >= 15 is 0 Å². The number of aromatic nitrogens is 1. The number of hydrogen-bond donors (Lipinski definition) is 0. The standard InChI is InChI=1S/C22H20N4O2/c1-24-19-5-3-2-4-18(19)14-20(24)22(28)26-12-10-25(11-13-26)21(27)17-8-6-16(15-23)7-9-17/h2-9,14H,10-13H2,1H3. The van der Waals surface area contributed by atoms with Crippen LogP contribution >= 0.6 is 0 Å². The molecule has 0 bridgehead atoms. The number of carbonyl (C=O) groups excluding carboxylic acids is 2. The number of nitriles is 1. The van der Waals surface area contributed by atoms with Crippen LogP contribution in [0.3, 0.4) is 0 Å². The van der Waals surface area contributed by atoms with E-state index in [-0.39, 0.29) is 11.8 Å². The first-order chi connectivity index (χ1) is 13.6. The fraction of sp³-hybridized carbons (Fsp3) is 0.227. The Labute approximate surface area is 163 Å². The molecule has 0 radical (unpaired) electrons. The molecule has 1 aliphatic heterocycles. The van der Waals surface area contributed by atoms with Crippen LogP contribution in [0.4, 0.5) is 0 Å². The van der Waals surface area contributed by atoms with Gasteiger partial charge in [0, 0.05) is 49.7 Å². The zero-order valence-electron chi connectivity index (χ0n) is 15.6. The van der Waals surface area contributed by atoms with E-state index in [1.165, 1.54) is 0 Å². The second-order valence-corrected chi connectivity index (χ2v) is 6.92. The molecule has 0 aliphatic carbocycles. The summed E-state index contributed by atoms with van der Waals surface area (Å²) in [6.45, 7) is 1.99. The molecular formula is C22H20N4O2. The van der Waals surface area contributed by atoms with Crippen molar-refractivity contribution in [1.82, 2.24) is 14.4 Å². The van der Waals surface area contributed by atoms with Crippen LogP contribution in [0.5, 0.6) is 0 Å². The molecule has 140 valence electrons. The highest BCUT2D eigenvalue weighted by Gasteiger charge is 2.27. The molecular weight excluding hydrogens is 352 g/mol. The van der Waals surface area contributed by atoms with Crippen LogP contribution in [-0.4, -0.2) is 52.4 Å². The molecule has 0 unspecified atom stereocenters. The van der Waals surface area contributed by atoms with Gasteiger partial charge in [-0.25, -0.2) is 0 Å². The molecule has 6 nitrogen and oxygen atoms in total. The number of rotatable bonds is 2. The SMILES string of the molecule is Cn1c(C(=O)N2CCN(C(=O)c3ccc(C#N)cc3)CC2)cc2ccccc21. The number of hydrogen-bond acceptors (Lipinski definition) is 3. The molecule has 1 aromatic heterocycles. The van der Waals surface area contributed by atoms with Gasteiger partial charge in [-0.05, 0) is 36.4 Å². The van der Waals surface area contributed by atoms with Crippen molar-refractivity contribution in [3.63, 3.8) is 0 Å². The molecule has 2 amide bonds. The van der Waals surface area contributed by atoms with Crippen molar-refractivity contribution in [1.29, 1.82) is 5.26 Å². The van der Waals surface area contributed by atoms with Crippen molar-refractivity contribution >= 4 is 22.7 Å². The summed E-state index contributed by atoms with van der Waals surface area (Å²) in [6, 6.07) is 18.5.